The lowest BCUT2D eigenvalue weighted by Crippen LogP contribution is -3.08. The van der Waals surface area contributed by atoms with Gasteiger partial charge in [0.2, 0.25) is 5.91 Å². The first-order chi connectivity index (χ1) is 13.8. The molecule has 2 amide bonds. The third kappa shape index (κ3) is 6.69. The van der Waals surface area contributed by atoms with Crippen LogP contribution in [0.25, 0.3) is 0 Å². The van der Waals surface area contributed by atoms with Crippen molar-refractivity contribution in [3.05, 3.63) is 47.5 Å². The monoisotopic (exact) mass is 418 g/mol. The lowest BCUT2D eigenvalue weighted by molar-refractivity contribution is -0.885. The summed E-state index contributed by atoms with van der Waals surface area (Å²) >= 11 is 1.31. The standard InChI is InChI=1S/C21H27N3O4S/c1-14-9-17(27-3)18(28-4)10-15(14)11-24(2)12-21(26)23-16-7-5-6-8-19(16)29-13-20(22)25/h5-10H,11-13H2,1-4H3,(H2,22,25)(H,23,26)/p+1. The van der Waals surface area contributed by atoms with E-state index in [-0.39, 0.29) is 11.7 Å². The van der Waals surface area contributed by atoms with Gasteiger partial charge in [-0.15, -0.1) is 11.8 Å². The molecule has 2 aromatic carbocycles. The van der Waals surface area contributed by atoms with Crippen molar-refractivity contribution < 1.29 is 24.0 Å². The number of thioether (sulfide) groups is 1. The van der Waals surface area contributed by atoms with E-state index in [1.54, 1.807) is 14.2 Å². The first kappa shape index (κ1) is 22.6. The molecule has 2 aromatic rings. The average molecular weight is 419 g/mol. The summed E-state index contributed by atoms with van der Waals surface area (Å²) in [6.07, 6.45) is 0. The fraction of sp³-hybridized carbons (Fsp3) is 0.333. The molecule has 0 aliphatic rings. The number of carbonyl (C=O) groups is 2. The van der Waals surface area contributed by atoms with Crippen LogP contribution in [0.1, 0.15) is 11.1 Å². The van der Waals surface area contributed by atoms with E-state index in [0.717, 1.165) is 20.9 Å². The number of primary amides is 1. The van der Waals surface area contributed by atoms with Crippen LogP contribution < -0.4 is 25.4 Å². The first-order valence-electron chi connectivity index (χ1n) is 9.16. The van der Waals surface area contributed by atoms with Crippen LogP contribution in [-0.2, 0) is 16.1 Å². The van der Waals surface area contributed by atoms with Gasteiger partial charge in [0.25, 0.3) is 5.91 Å². The van der Waals surface area contributed by atoms with Crippen molar-refractivity contribution in [2.24, 2.45) is 5.73 Å². The van der Waals surface area contributed by atoms with Gasteiger partial charge in [-0.1, -0.05) is 12.1 Å². The first-order valence-corrected chi connectivity index (χ1v) is 10.1. The van der Waals surface area contributed by atoms with E-state index in [1.807, 2.05) is 50.4 Å². The van der Waals surface area contributed by atoms with Crippen molar-refractivity contribution in [1.29, 1.82) is 0 Å². The number of nitrogens with two attached hydrogens (primary N) is 1. The van der Waals surface area contributed by atoms with Crippen LogP contribution in [-0.4, -0.2) is 45.4 Å². The van der Waals surface area contributed by atoms with Crippen LogP contribution in [0, 0.1) is 6.92 Å². The molecule has 2 rings (SSSR count). The Morgan fingerprint density at radius 2 is 1.79 bits per heavy atom. The highest BCUT2D eigenvalue weighted by Gasteiger charge is 2.16. The number of carbonyl (C=O) groups excluding carboxylic acids is 2. The summed E-state index contributed by atoms with van der Waals surface area (Å²) in [7, 11) is 5.18. The van der Waals surface area contributed by atoms with E-state index in [4.69, 9.17) is 15.2 Å². The Hall–Kier alpha value is -2.71. The molecule has 1 atom stereocenters. The third-order valence-electron chi connectivity index (χ3n) is 4.33. The zero-order valence-corrected chi connectivity index (χ0v) is 18.0. The number of rotatable bonds is 10. The summed E-state index contributed by atoms with van der Waals surface area (Å²) in [6.45, 7) is 2.97. The molecular formula is C21H28N3O4S+. The van der Waals surface area contributed by atoms with Gasteiger partial charge in [-0.25, -0.2) is 0 Å². The number of benzene rings is 2. The SMILES string of the molecule is COc1cc(C)c(C[NH+](C)CC(=O)Nc2ccccc2SCC(N)=O)cc1OC. The quantitative estimate of drug-likeness (QED) is 0.505. The van der Waals surface area contributed by atoms with Crippen LogP contribution in [0.5, 0.6) is 11.5 Å². The van der Waals surface area contributed by atoms with E-state index >= 15 is 0 Å². The summed E-state index contributed by atoms with van der Waals surface area (Å²) in [4.78, 5) is 25.4. The fourth-order valence-electron chi connectivity index (χ4n) is 2.91. The summed E-state index contributed by atoms with van der Waals surface area (Å²) < 4.78 is 10.7. The second-order valence-corrected chi connectivity index (χ2v) is 7.76. The number of hydrogen-bond donors (Lipinski definition) is 3. The second-order valence-electron chi connectivity index (χ2n) is 6.74. The predicted molar refractivity (Wildman–Crippen MR) is 115 cm³/mol. The number of nitrogens with one attached hydrogen (secondary N) is 2. The van der Waals surface area contributed by atoms with Crippen molar-refractivity contribution in [3.8, 4) is 11.5 Å². The molecule has 0 radical (unpaired) electrons. The molecule has 156 valence electrons. The Morgan fingerprint density at radius 3 is 2.45 bits per heavy atom. The van der Waals surface area contributed by atoms with E-state index in [0.29, 0.717) is 30.3 Å². The summed E-state index contributed by atoms with van der Waals surface area (Å²) in [5.74, 6) is 1.02. The van der Waals surface area contributed by atoms with Crippen LogP contribution >= 0.6 is 11.8 Å². The largest absolute Gasteiger partial charge is 0.493 e. The predicted octanol–water partition coefficient (Wildman–Crippen LogP) is 1.24. The number of likely N-dealkylation sites (N-methyl/N-ethyl adjacent to an activating group) is 1. The van der Waals surface area contributed by atoms with Crippen molar-refractivity contribution in [3.63, 3.8) is 0 Å². The zero-order valence-electron chi connectivity index (χ0n) is 17.2. The highest BCUT2D eigenvalue weighted by molar-refractivity contribution is 8.00. The second kappa shape index (κ2) is 10.7. The maximum Gasteiger partial charge on any atom is 0.279 e. The van der Waals surface area contributed by atoms with E-state index < -0.39 is 5.91 Å². The molecule has 8 heteroatoms. The van der Waals surface area contributed by atoms with Crippen LogP contribution in [0.15, 0.2) is 41.3 Å². The van der Waals surface area contributed by atoms with Gasteiger partial charge in [-0.05, 0) is 36.8 Å². The van der Waals surface area contributed by atoms with Crippen LogP contribution in [0.2, 0.25) is 0 Å². The normalized spacial score (nSPS) is 11.6. The number of hydrogen-bond acceptors (Lipinski definition) is 5. The lowest BCUT2D eigenvalue weighted by atomic mass is 10.1. The molecule has 0 spiro atoms. The molecule has 0 fully saturated rings. The fourth-order valence-corrected chi connectivity index (χ4v) is 3.66. The summed E-state index contributed by atoms with van der Waals surface area (Å²) in [5, 5.41) is 2.93. The van der Waals surface area contributed by atoms with Gasteiger partial charge in [0.05, 0.1) is 32.7 Å². The van der Waals surface area contributed by atoms with E-state index in [2.05, 4.69) is 5.32 Å². The van der Waals surface area contributed by atoms with E-state index in [1.165, 1.54) is 11.8 Å². The molecule has 0 saturated carbocycles. The zero-order chi connectivity index (χ0) is 21.4. The maximum absolute atomic E-state index is 12.5. The number of ether oxygens (including phenoxy) is 2. The highest BCUT2D eigenvalue weighted by Crippen LogP contribution is 2.30. The van der Waals surface area contributed by atoms with Crippen molar-refractivity contribution in [2.75, 3.05) is 38.9 Å². The minimum atomic E-state index is -0.398. The molecule has 0 saturated heterocycles. The molecular weight excluding hydrogens is 390 g/mol. The highest BCUT2D eigenvalue weighted by atomic mass is 32.2. The van der Waals surface area contributed by atoms with Gasteiger partial charge in [-0.2, -0.15) is 0 Å². The molecule has 7 nitrogen and oxygen atoms in total. The molecule has 1 unspecified atom stereocenters. The molecule has 0 aliphatic heterocycles. The van der Waals surface area contributed by atoms with Gasteiger partial charge in [0, 0.05) is 10.5 Å². The third-order valence-corrected chi connectivity index (χ3v) is 5.42. The van der Waals surface area contributed by atoms with Gasteiger partial charge < -0.3 is 25.4 Å². The molecule has 0 heterocycles. The number of amides is 2. The number of quaternary nitrogens is 1. The Morgan fingerprint density at radius 1 is 1.14 bits per heavy atom. The number of aryl methyl sites for hydroxylation is 1. The minimum Gasteiger partial charge on any atom is -0.493 e. The van der Waals surface area contributed by atoms with Crippen molar-refractivity contribution >= 4 is 29.3 Å². The van der Waals surface area contributed by atoms with Crippen molar-refractivity contribution in [2.45, 2.75) is 18.4 Å². The molecule has 4 N–H and O–H groups in total. The molecule has 0 bridgehead atoms. The Balaban J connectivity index is 2.01. The molecule has 0 aliphatic carbocycles. The van der Waals surface area contributed by atoms with Crippen molar-refractivity contribution in [1.82, 2.24) is 0 Å². The number of para-hydroxylation sites is 1. The smallest absolute Gasteiger partial charge is 0.279 e. The van der Waals surface area contributed by atoms with Gasteiger partial charge in [-0.3, -0.25) is 9.59 Å². The molecule has 29 heavy (non-hydrogen) atoms. The number of methoxy groups -OCH3 is 2. The average Bonchev–Trinajstić information content (AvgIpc) is 2.68. The Labute approximate surface area is 175 Å². The van der Waals surface area contributed by atoms with Gasteiger partial charge in [0.15, 0.2) is 18.0 Å². The van der Waals surface area contributed by atoms with Crippen LogP contribution in [0.3, 0.4) is 0 Å². The number of anilines is 1. The Bertz CT molecular complexity index is 873. The van der Waals surface area contributed by atoms with Gasteiger partial charge in [0.1, 0.15) is 6.54 Å². The Kier molecular flexibility index (Phi) is 8.35. The molecule has 0 aromatic heterocycles. The van der Waals surface area contributed by atoms with Gasteiger partial charge >= 0.3 is 0 Å². The summed E-state index contributed by atoms with van der Waals surface area (Å²) in [5.41, 5.74) is 8.06. The topological polar surface area (TPSA) is 95.1 Å². The summed E-state index contributed by atoms with van der Waals surface area (Å²) in [6, 6.07) is 11.3. The lowest BCUT2D eigenvalue weighted by Gasteiger charge is -2.17. The maximum atomic E-state index is 12.5. The van der Waals surface area contributed by atoms with E-state index in [9.17, 15) is 9.59 Å². The minimum absolute atomic E-state index is 0.104. The van der Waals surface area contributed by atoms with Crippen LogP contribution in [0.4, 0.5) is 5.69 Å².